The molecule has 172 valence electrons. The van der Waals surface area contributed by atoms with E-state index in [1.807, 2.05) is 79.9 Å². The van der Waals surface area contributed by atoms with E-state index in [4.69, 9.17) is 9.72 Å². The molecule has 0 aliphatic carbocycles. The van der Waals surface area contributed by atoms with E-state index in [2.05, 4.69) is 25.6 Å². The average Bonchev–Trinajstić information content (AvgIpc) is 3.51. The highest BCUT2D eigenvalue weighted by atomic mass is 16.5. The lowest BCUT2D eigenvalue weighted by Gasteiger charge is -2.32. The van der Waals surface area contributed by atoms with Crippen LogP contribution in [-0.4, -0.2) is 47.4 Å². The minimum absolute atomic E-state index is 0.330. The Labute approximate surface area is 196 Å². The van der Waals surface area contributed by atoms with Crippen LogP contribution in [0, 0.1) is 13.8 Å². The van der Waals surface area contributed by atoms with Gasteiger partial charge in [0, 0.05) is 6.54 Å². The number of tetrazole rings is 1. The summed E-state index contributed by atoms with van der Waals surface area (Å²) < 4.78 is 7.49. The van der Waals surface area contributed by atoms with Crippen molar-refractivity contribution >= 4 is 11.2 Å². The number of aromatic amines is 1. The van der Waals surface area contributed by atoms with Gasteiger partial charge in [0.05, 0.1) is 18.2 Å². The second-order valence-electron chi connectivity index (χ2n) is 8.14. The van der Waals surface area contributed by atoms with Gasteiger partial charge in [0.15, 0.2) is 17.1 Å². The van der Waals surface area contributed by atoms with Crippen LogP contribution >= 0.6 is 0 Å². The first-order valence-corrected chi connectivity index (χ1v) is 11.0. The van der Waals surface area contributed by atoms with E-state index in [-0.39, 0.29) is 0 Å². The number of rotatable bonds is 6. The topological polar surface area (TPSA) is 115 Å². The maximum absolute atomic E-state index is 12.6. The average molecular weight is 456 g/mol. The molecular formula is C25H25N7O2. The normalized spacial score (nSPS) is 11.8. The standard InChI is InChI=1S/C25H25N7O2/c1-5-32-20-14-17(21-28-30-31-29-21)23(34-4)26-22(20)27-24(32)25(33,18-12-8-6-10-15(18)2)19-13-9-7-11-16(19)3/h6-14,33H,5H2,1-4H3,(H,28,29,30,31). The molecule has 5 aromatic rings. The molecule has 9 nitrogen and oxygen atoms in total. The Balaban J connectivity index is 1.86. The van der Waals surface area contributed by atoms with Crippen molar-refractivity contribution in [3.8, 4) is 17.3 Å². The number of methoxy groups -OCH3 is 1. The van der Waals surface area contributed by atoms with Crippen LogP contribution in [0.3, 0.4) is 0 Å². The zero-order chi connectivity index (χ0) is 23.9. The first kappa shape index (κ1) is 21.7. The Morgan fingerprint density at radius 3 is 2.18 bits per heavy atom. The van der Waals surface area contributed by atoms with Crippen molar-refractivity contribution in [3.05, 3.63) is 82.7 Å². The molecule has 5 rings (SSSR count). The number of aliphatic hydroxyl groups is 1. The largest absolute Gasteiger partial charge is 0.480 e. The molecule has 0 saturated heterocycles. The molecule has 0 atom stereocenters. The molecule has 9 heteroatoms. The van der Waals surface area contributed by atoms with Crippen molar-refractivity contribution in [2.75, 3.05) is 7.11 Å². The number of hydrogen-bond donors (Lipinski definition) is 2. The van der Waals surface area contributed by atoms with E-state index < -0.39 is 5.60 Å². The van der Waals surface area contributed by atoms with E-state index in [0.717, 1.165) is 27.8 Å². The predicted molar refractivity (Wildman–Crippen MR) is 127 cm³/mol. The van der Waals surface area contributed by atoms with Crippen molar-refractivity contribution in [2.24, 2.45) is 0 Å². The third kappa shape index (κ3) is 3.24. The first-order valence-electron chi connectivity index (χ1n) is 11.0. The Bertz CT molecular complexity index is 1430. The van der Waals surface area contributed by atoms with E-state index in [9.17, 15) is 5.11 Å². The molecule has 3 aromatic heterocycles. The summed E-state index contributed by atoms with van der Waals surface area (Å²) in [7, 11) is 1.53. The van der Waals surface area contributed by atoms with Gasteiger partial charge in [0.25, 0.3) is 0 Å². The number of H-pyrrole nitrogens is 1. The van der Waals surface area contributed by atoms with Crippen LogP contribution in [-0.2, 0) is 12.1 Å². The number of pyridine rings is 1. The molecule has 0 bridgehead atoms. The summed E-state index contributed by atoms with van der Waals surface area (Å²) in [5, 5.41) is 26.9. The van der Waals surface area contributed by atoms with E-state index in [1.54, 1.807) is 0 Å². The molecule has 0 aliphatic rings. The van der Waals surface area contributed by atoms with Crippen molar-refractivity contribution in [1.82, 2.24) is 35.2 Å². The van der Waals surface area contributed by atoms with Gasteiger partial charge in [-0.3, -0.25) is 0 Å². The number of nitrogens with zero attached hydrogens (tertiary/aromatic N) is 6. The van der Waals surface area contributed by atoms with Crippen molar-refractivity contribution in [2.45, 2.75) is 32.9 Å². The quantitative estimate of drug-likeness (QED) is 0.402. The fourth-order valence-electron chi connectivity index (χ4n) is 4.56. The Kier molecular flexibility index (Phi) is 5.33. The summed E-state index contributed by atoms with van der Waals surface area (Å²) in [6, 6.07) is 17.5. The lowest BCUT2D eigenvalue weighted by molar-refractivity contribution is 0.110. The van der Waals surface area contributed by atoms with Gasteiger partial charge in [-0.05, 0) is 54.3 Å². The summed E-state index contributed by atoms with van der Waals surface area (Å²) >= 11 is 0. The van der Waals surface area contributed by atoms with Gasteiger partial charge in [-0.1, -0.05) is 48.5 Å². The van der Waals surface area contributed by atoms with Crippen molar-refractivity contribution < 1.29 is 9.84 Å². The van der Waals surface area contributed by atoms with Gasteiger partial charge in [-0.2, -0.15) is 10.2 Å². The number of benzene rings is 2. The Hall–Kier alpha value is -4.11. The van der Waals surface area contributed by atoms with E-state index >= 15 is 0 Å². The van der Waals surface area contributed by atoms with Crippen molar-refractivity contribution in [1.29, 1.82) is 0 Å². The zero-order valence-electron chi connectivity index (χ0n) is 19.4. The van der Waals surface area contributed by atoms with Crippen LogP contribution in [0.15, 0.2) is 54.6 Å². The number of imidazole rings is 1. The summed E-state index contributed by atoms with van der Waals surface area (Å²) in [5.74, 6) is 1.18. The Morgan fingerprint density at radius 2 is 1.65 bits per heavy atom. The van der Waals surface area contributed by atoms with Crippen LogP contribution in [0.4, 0.5) is 0 Å². The molecule has 0 saturated carbocycles. The molecule has 0 unspecified atom stereocenters. The lowest BCUT2D eigenvalue weighted by atomic mass is 9.81. The molecule has 34 heavy (non-hydrogen) atoms. The third-order valence-electron chi connectivity index (χ3n) is 6.20. The maximum atomic E-state index is 12.6. The van der Waals surface area contributed by atoms with Gasteiger partial charge in [0.1, 0.15) is 0 Å². The highest BCUT2D eigenvalue weighted by Gasteiger charge is 2.41. The van der Waals surface area contributed by atoms with Crippen LogP contribution in [0.1, 0.15) is 35.0 Å². The molecule has 0 radical (unpaired) electrons. The highest BCUT2D eigenvalue weighted by molar-refractivity contribution is 5.81. The summed E-state index contributed by atoms with van der Waals surface area (Å²) in [6.07, 6.45) is 0. The number of aromatic nitrogens is 7. The van der Waals surface area contributed by atoms with Crippen molar-refractivity contribution in [3.63, 3.8) is 0 Å². The predicted octanol–water partition coefficient (Wildman–Crippen LogP) is 3.54. The molecule has 0 fully saturated rings. The van der Waals surface area contributed by atoms with Gasteiger partial charge in [0.2, 0.25) is 11.7 Å². The highest BCUT2D eigenvalue weighted by Crippen LogP contribution is 2.41. The lowest BCUT2D eigenvalue weighted by Crippen LogP contribution is -2.34. The number of ether oxygens (including phenoxy) is 1. The molecule has 2 aromatic carbocycles. The van der Waals surface area contributed by atoms with Crippen LogP contribution in [0.25, 0.3) is 22.6 Å². The molecule has 0 amide bonds. The maximum Gasteiger partial charge on any atom is 0.226 e. The minimum Gasteiger partial charge on any atom is -0.480 e. The third-order valence-corrected chi connectivity index (χ3v) is 6.20. The number of hydrogen-bond acceptors (Lipinski definition) is 7. The molecule has 2 N–H and O–H groups in total. The van der Waals surface area contributed by atoms with Gasteiger partial charge in [-0.25, -0.2) is 4.98 Å². The first-order chi connectivity index (χ1) is 16.5. The SMILES string of the molecule is CCn1c(C(O)(c2ccccc2C)c2ccccc2C)nc2nc(OC)c(-c3nn[nH]n3)cc21. The summed E-state index contributed by atoms with van der Waals surface area (Å²) in [5.41, 5.74) is 3.72. The van der Waals surface area contributed by atoms with Crippen LogP contribution in [0.5, 0.6) is 5.88 Å². The van der Waals surface area contributed by atoms with Crippen LogP contribution in [0.2, 0.25) is 0 Å². The fourth-order valence-corrected chi connectivity index (χ4v) is 4.56. The van der Waals surface area contributed by atoms with Gasteiger partial charge < -0.3 is 14.4 Å². The number of nitrogens with one attached hydrogen (secondary N) is 1. The number of fused-ring (bicyclic) bond motifs is 1. The molecule has 3 heterocycles. The monoisotopic (exact) mass is 455 g/mol. The van der Waals surface area contributed by atoms with E-state index in [1.165, 1.54) is 7.11 Å². The Morgan fingerprint density at radius 1 is 1.00 bits per heavy atom. The molecular weight excluding hydrogens is 430 g/mol. The fraction of sp³-hybridized carbons (Fsp3) is 0.240. The smallest absolute Gasteiger partial charge is 0.226 e. The summed E-state index contributed by atoms with van der Waals surface area (Å²) in [6.45, 7) is 6.56. The number of aryl methyl sites for hydroxylation is 3. The van der Waals surface area contributed by atoms with E-state index in [0.29, 0.717) is 35.3 Å². The minimum atomic E-state index is -1.51. The van der Waals surface area contributed by atoms with Crippen LogP contribution < -0.4 is 4.74 Å². The summed E-state index contributed by atoms with van der Waals surface area (Å²) in [4.78, 5) is 9.52. The van der Waals surface area contributed by atoms with Gasteiger partial charge >= 0.3 is 0 Å². The molecule has 0 spiro atoms. The van der Waals surface area contributed by atoms with Gasteiger partial charge in [-0.15, -0.1) is 10.2 Å². The molecule has 0 aliphatic heterocycles. The zero-order valence-corrected chi connectivity index (χ0v) is 19.4. The second kappa shape index (κ2) is 8.35. The second-order valence-corrected chi connectivity index (χ2v) is 8.14.